The van der Waals surface area contributed by atoms with Gasteiger partial charge in [0.05, 0.1) is 17.1 Å². The molecule has 4 rings (SSSR count). The molecule has 2 aromatic heterocycles. The van der Waals surface area contributed by atoms with Crippen LogP contribution in [0.2, 0.25) is 5.02 Å². The molecule has 1 aromatic carbocycles. The lowest BCUT2D eigenvalue weighted by Crippen LogP contribution is -2.21. The molecule has 1 aliphatic rings. The van der Waals surface area contributed by atoms with Gasteiger partial charge < -0.3 is 4.42 Å². The first-order chi connectivity index (χ1) is 12.3. The smallest absolute Gasteiger partial charge is 0.417 e. The van der Waals surface area contributed by atoms with Crippen molar-refractivity contribution >= 4 is 34.3 Å². The first kappa shape index (κ1) is 17.6. The number of halogens is 5. The molecule has 0 N–H and O–H groups in total. The van der Waals surface area contributed by atoms with Crippen LogP contribution in [-0.2, 0) is 19.1 Å². The Morgan fingerprint density at radius 3 is 2.73 bits per heavy atom. The Bertz CT molecular complexity index is 989. The predicted molar refractivity (Wildman–Crippen MR) is 89.8 cm³/mol. The number of nitrogens with zero attached hydrogens (tertiary/aromatic N) is 2. The van der Waals surface area contributed by atoms with E-state index in [4.69, 9.17) is 16.0 Å². The molecule has 0 atom stereocenters. The van der Waals surface area contributed by atoms with Crippen LogP contribution >= 0.6 is 23.4 Å². The van der Waals surface area contributed by atoms with Crippen LogP contribution in [0.15, 0.2) is 44.8 Å². The molecule has 0 aliphatic carbocycles. The third-order valence-electron chi connectivity index (χ3n) is 4.09. The van der Waals surface area contributed by atoms with E-state index in [1.54, 1.807) is 12.1 Å². The van der Waals surface area contributed by atoms with Gasteiger partial charge in [0.25, 0.3) is 0 Å². The first-order valence-electron chi connectivity index (χ1n) is 7.66. The molecule has 0 fully saturated rings. The van der Waals surface area contributed by atoms with E-state index < -0.39 is 11.7 Å². The second-order valence-corrected chi connectivity index (χ2v) is 7.44. The SMILES string of the molecule is FN1CCc2oc3c(Cl)cc(Sc4cncc(C(F)(F)F)c4)cc3c2C1. The molecule has 9 heteroatoms. The summed E-state index contributed by atoms with van der Waals surface area (Å²) in [6, 6.07) is 4.41. The maximum Gasteiger partial charge on any atom is 0.417 e. The van der Waals surface area contributed by atoms with Crippen LogP contribution in [0, 0.1) is 0 Å². The average molecular weight is 403 g/mol. The number of benzene rings is 1. The minimum absolute atomic E-state index is 0.0951. The van der Waals surface area contributed by atoms with Crippen LogP contribution in [0.4, 0.5) is 17.7 Å². The molecule has 0 saturated carbocycles. The summed E-state index contributed by atoms with van der Waals surface area (Å²) in [5, 5.41) is 1.71. The lowest BCUT2D eigenvalue weighted by molar-refractivity contribution is -0.138. The van der Waals surface area contributed by atoms with E-state index >= 15 is 0 Å². The van der Waals surface area contributed by atoms with Crippen molar-refractivity contribution in [3.05, 3.63) is 52.5 Å². The van der Waals surface area contributed by atoms with Gasteiger partial charge in [0.2, 0.25) is 0 Å². The lowest BCUT2D eigenvalue weighted by Gasteiger charge is -2.16. The molecule has 3 aromatic rings. The molecule has 1 aliphatic heterocycles. The van der Waals surface area contributed by atoms with E-state index in [0.29, 0.717) is 43.1 Å². The van der Waals surface area contributed by atoms with Crippen LogP contribution in [-0.4, -0.2) is 16.7 Å². The molecule has 0 spiro atoms. The van der Waals surface area contributed by atoms with Gasteiger partial charge in [0.1, 0.15) is 5.76 Å². The fourth-order valence-electron chi connectivity index (χ4n) is 2.90. The average Bonchev–Trinajstić information content (AvgIpc) is 2.93. The molecule has 136 valence electrons. The summed E-state index contributed by atoms with van der Waals surface area (Å²) >= 11 is 7.38. The van der Waals surface area contributed by atoms with Crippen molar-refractivity contribution in [1.82, 2.24) is 10.1 Å². The van der Waals surface area contributed by atoms with Gasteiger partial charge in [-0.3, -0.25) is 4.98 Å². The first-order valence-corrected chi connectivity index (χ1v) is 8.85. The molecule has 0 amide bonds. The Labute approximate surface area is 154 Å². The zero-order valence-electron chi connectivity index (χ0n) is 13.1. The van der Waals surface area contributed by atoms with Gasteiger partial charge in [0, 0.05) is 46.1 Å². The number of fused-ring (bicyclic) bond motifs is 3. The van der Waals surface area contributed by atoms with Gasteiger partial charge in [-0.2, -0.15) is 13.2 Å². The Kier molecular flexibility index (Phi) is 4.37. The number of rotatable bonds is 2. The molecular weight excluding hydrogens is 392 g/mol. The summed E-state index contributed by atoms with van der Waals surface area (Å²) in [7, 11) is 0. The number of hydrogen-bond donors (Lipinski definition) is 0. The van der Waals surface area contributed by atoms with Crippen molar-refractivity contribution in [3.8, 4) is 0 Å². The highest BCUT2D eigenvalue weighted by molar-refractivity contribution is 7.99. The van der Waals surface area contributed by atoms with Gasteiger partial charge in [0.15, 0.2) is 5.58 Å². The van der Waals surface area contributed by atoms with Crippen molar-refractivity contribution in [3.63, 3.8) is 0 Å². The highest BCUT2D eigenvalue weighted by Crippen LogP contribution is 2.40. The second kappa shape index (κ2) is 6.44. The third kappa shape index (κ3) is 3.28. The lowest BCUT2D eigenvalue weighted by atomic mass is 10.1. The van der Waals surface area contributed by atoms with E-state index in [0.717, 1.165) is 29.6 Å². The summed E-state index contributed by atoms with van der Waals surface area (Å²) in [6.07, 6.45) is -1.88. The monoisotopic (exact) mass is 402 g/mol. The van der Waals surface area contributed by atoms with E-state index in [9.17, 15) is 17.7 Å². The minimum atomic E-state index is -4.46. The molecular formula is C17H11ClF4N2OS. The molecule has 3 nitrogen and oxygen atoms in total. The maximum absolute atomic E-state index is 13.6. The van der Waals surface area contributed by atoms with Gasteiger partial charge >= 0.3 is 6.18 Å². The van der Waals surface area contributed by atoms with Crippen molar-refractivity contribution < 1.29 is 22.1 Å². The molecule has 3 heterocycles. The molecule has 0 saturated heterocycles. The normalized spacial score (nSPS) is 15.4. The highest BCUT2D eigenvalue weighted by atomic mass is 35.5. The Morgan fingerprint density at radius 1 is 1.15 bits per heavy atom. The second-order valence-electron chi connectivity index (χ2n) is 5.89. The van der Waals surface area contributed by atoms with Crippen molar-refractivity contribution in [2.24, 2.45) is 0 Å². The standard InChI is InChI=1S/C17H11ClF4N2OS/c18-14-5-10(26-11-3-9(6-23-7-11)17(19,20)21)4-12-13-8-24(22)2-1-15(13)25-16(12)14/h3-7H,1-2,8H2. The Hall–Kier alpha value is -1.77. The Balaban J connectivity index is 1.73. The summed E-state index contributed by atoms with van der Waals surface area (Å²) in [5.41, 5.74) is 0.377. The summed E-state index contributed by atoms with van der Waals surface area (Å²) in [4.78, 5) is 4.61. The maximum atomic E-state index is 13.6. The van der Waals surface area contributed by atoms with Crippen LogP contribution in [0.3, 0.4) is 0 Å². The van der Waals surface area contributed by atoms with Crippen LogP contribution in [0.1, 0.15) is 16.9 Å². The number of furan rings is 1. The van der Waals surface area contributed by atoms with E-state index in [-0.39, 0.29) is 13.1 Å². The molecule has 26 heavy (non-hydrogen) atoms. The van der Waals surface area contributed by atoms with Crippen LogP contribution in [0.5, 0.6) is 0 Å². The zero-order valence-corrected chi connectivity index (χ0v) is 14.7. The Morgan fingerprint density at radius 2 is 1.96 bits per heavy atom. The van der Waals surface area contributed by atoms with Gasteiger partial charge in [-0.25, -0.2) is 0 Å². The van der Waals surface area contributed by atoms with Gasteiger partial charge in [-0.1, -0.05) is 23.4 Å². The number of pyridine rings is 1. The summed E-state index contributed by atoms with van der Waals surface area (Å²) in [6.45, 7) is 0.347. The van der Waals surface area contributed by atoms with Crippen molar-refractivity contribution in [1.29, 1.82) is 0 Å². The van der Waals surface area contributed by atoms with Crippen LogP contribution < -0.4 is 0 Å². The third-order valence-corrected chi connectivity index (χ3v) is 5.30. The van der Waals surface area contributed by atoms with Gasteiger partial charge in [-0.05, 0) is 18.2 Å². The summed E-state index contributed by atoms with van der Waals surface area (Å²) < 4.78 is 57.9. The van der Waals surface area contributed by atoms with E-state index in [1.165, 1.54) is 6.20 Å². The largest absolute Gasteiger partial charge is 0.459 e. The fraction of sp³-hybridized carbons (Fsp3) is 0.235. The highest BCUT2D eigenvalue weighted by Gasteiger charge is 2.31. The zero-order chi connectivity index (χ0) is 18.5. The number of alkyl halides is 3. The van der Waals surface area contributed by atoms with Crippen LogP contribution in [0.25, 0.3) is 11.0 Å². The number of hydrogen-bond acceptors (Lipinski definition) is 4. The van der Waals surface area contributed by atoms with Gasteiger partial charge in [-0.15, -0.1) is 9.60 Å². The topological polar surface area (TPSA) is 29.3 Å². The predicted octanol–water partition coefficient (Wildman–Crippen LogP) is 5.89. The molecule has 0 radical (unpaired) electrons. The molecule has 0 bridgehead atoms. The van der Waals surface area contributed by atoms with Crippen molar-refractivity contribution in [2.45, 2.75) is 28.9 Å². The van der Waals surface area contributed by atoms with E-state index in [2.05, 4.69) is 4.98 Å². The summed E-state index contributed by atoms with van der Waals surface area (Å²) in [5.74, 6) is 0.693. The fourth-order valence-corrected chi connectivity index (χ4v) is 4.15. The van der Waals surface area contributed by atoms with E-state index in [1.807, 2.05) is 0 Å². The minimum Gasteiger partial charge on any atom is -0.459 e. The quantitative estimate of drug-likeness (QED) is 0.394. The molecule has 0 unspecified atom stereocenters. The number of aromatic nitrogens is 1. The van der Waals surface area contributed by atoms with Crippen molar-refractivity contribution in [2.75, 3.05) is 6.54 Å².